The highest BCUT2D eigenvalue weighted by Crippen LogP contribution is 2.41. The summed E-state index contributed by atoms with van der Waals surface area (Å²) in [6.07, 6.45) is 0. The summed E-state index contributed by atoms with van der Waals surface area (Å²) in [6.45, 7) is 9.66. The van der Waals surface area contributed by atoms with Crippen LogP contribution in [0.15, 0.2) is 77.7 Å². The van der Waals surface area contributed by atoms with Crippen molar-refractivity contribution in [1.29, 1.82) is 0 Å². The molecule has 4 nitrogen and oxygen atoms in total. The Morgan fingerprint density at radius 1 is 0.684 bits per heavy atom. The highest BCUT2D eigenvalue weighted by atomic mass is 32.2. The number of pyridine rings is 2. The number of aromatic nitrogens is 2. The van der Waals surface area contributed by atoms with Crippen molar-refractivity contribution in [2.45, 2.75) is 55.9 Å². The highest BCUT2D eigenvalue weighted by molar-refractivity contribution is 7.92. The number of halogens is 3. The molecular formula is C30H27F3N2O2S. The molecule has 0 saturated heterocycles. The minimum Gasteiger partial charge on any atom is -0.252 e. The normalized spacial score (nSPS) is 16.0. The molecular weight excluding hydrogens is 509 g/mol. The lowest BCUT2D eigenvalue weighted by Crippen LogP contribution is -2.25. The standard InChI is InChI=1S/C30H27F3N2O2S/c1-18-12-19-14-21(13-18)28(2,3)22-15-20(16-23(17-22)38(36,37)30(31,32)33)25-9-7-11-27(35-25)29(4,5)26-10-6-8-24(19)34-26/h6-17H,1-5H3. The van der Waals surface area contributed by atoms with Crippen LogP contribution in [0, 0.1) is 6.92 Å². The van der Waals surface area contributed by atoms with Crippen molar-refractivity contribution in [3.8, 4) is 22.5 Å². The van der Waals surface area contributed by atoms with Crippen LogP contribution < -0.4 is 0 Å². The second-order valence-corrected chi connectivity index (χ2v) is 12.8. The first-order valence-electron chi connectivity index (χ1n) is 12.2. The number of rotatable bonds is 1. The summed E-state index contributed by atoms with van der Waals surface area (Å²) < 4.78 is 66.3. The fraction of sp³-hybridized carbons (Fsp3) is 0.267. The third-order valence-corrected chi connectivity index (χ3v) is 8.88. The molecule has 0 amide bonds. The molecule has 0 spiro atoms. The van der Waals surface area contributed by atoms with Crippen LogP contribution in [-0.4, -0.2) is 23.9 Å². The van der Waals surface area contributed by atoms with Crippen LogP contribution >= 0.6 is 0 Å². The van der Waals surface area contributed by atoms with Gasteiger partial charge in [0.15, 0.2) is 0 Å². The van der Waals surface area contributed by atoms with Crippen LogP contribution in [-0.2, 0) is 20.7 Å². The summed E-state index contributed by atoms with van der Waals surface area (Å²) in [5.74, 6) is 0. The fourth-order valence-corrected chi connectivity index (χ4v) is 5.70. The molecule has 0 N–H and O–H groups in total. The first-order chi connectivity index (χ1) is 17.6. The average molecular weight is 537 g/mol. The molecule has 1 aliphatic rings. The van der Waals surface area contributed by atoms with E-state index in [-0.39, 0.29) is 0 Å². The summed E-state index contributed by atoms with van der Waals surface area (Å²) in [5, 5.41) is 0. The molecule has 5 rings (SSSR count). The maximum atomic E-state index is 13.7. The van der Waals surface area contributed by atoms with Crippen molar-refractivity contribution in [1.82, 2.24) is 9.97 Å². The van der Waals surface area contributed by atoms with Gasteiger partial charge in [0.05, 0.1) is 27.7 Å². The second-order valence-electron chi connectivity index (χ2n) is 10.8. The minimum atomic E-state index is -5.60. The van der Waals surface area contributed by atoms with Gasteiger partial charge in [0, 0.05) is 22.0 Å². The lowest BCUT2D eigenvalue weighted by atomic mass is 9.76. The molecule has 0 saturated carbocycles. The van der Waals surface area contributed by atoms with Crippen LogP contribution in [0.5, 0.6) is 0 Å². The lowest BCUT2D eigenvalue weighted by molar-refractivity contribution is -0.0436. The van der Waals surface area contributed by atoms with Gasteiger partial charge in [-0.25, -0.2) is 8.42 Å². The lowest BCUT2D eigenvalue weighted by Gasteiger charge is -2.29. The molecule has 8 heteroatoms. The third kappa shape index (κ3) is 4.21. The van der Waals surface area contributed by atoms with Gasteiger partial charge in [-0.15, -0.1) is 0 Å². The van der Waals surface area contributed by atoms with Crippen molar-refractivity contribution in [3.63, 3.8) is 0 Å². The van der Waals surface area contributed by atoms with Crippen LogP contribution in [0.1, 0.15) is 55.8 Å². The largest absolute Gasteiger partial charge is 0.501 e. The van der Waals surface area contributed by atoms with Gasteiger partial charge in [0.1, 0.15) is 0 Å². The maximum Gasteiger partial charge on any atom is 0.501 e. The molecule has 0 fully saturated rings. The Bertz CT molecular complexity index is 1690. The highest BCUT2D eigenvalue weighted by Gasteiger charge is 2.47. The van der Waals surface area contributed by atoms with Crippen molar-refractivity contribution in [3.05, 3.63) is 101 Å². The van der Waals surface area contributed by atoms with E-state index in [1.807, 2.05) is 77.1 Å². The quantitative estimate of drug-likeness (QED) is 0.255. The topological polar surface area (TPSA) is 59.9 Å². The molecule has 196 valence electrons. The van der Waals surface area contributed by atoms with Crippen LogP contribution in [0.2, 0.25) is 0 Å². The molecule has 0 atom stereocenters. The zero-order chi connectivity index (χ0) is 27.7. The molecule has 0 radical (unpaired) electrons. The molecule has 1 aliphatic heterocycles. The van der Waals surface area contributed by atoms with E-state index in [2.05, 4.69) is 0 Å². The number of alkyl halides is 3. The number of sulfone groups is 1. The van der Waals surface area contributed by atoms with Gasteiger partial charge in [-0.2, -0.15) is 13.2 Å². The molecule has 2 aromatic carbocycles. The minimum absolute atomic E-state index is 0.294. The number of hydrogen-bond donors (Lipinski definition) is 0. The number of fused-ring (bicyclic) bond motifs is 10. The predicted molar refractivity (Wildman–Crippen MR) is 142 cm³/mol. The Morgan fingerprint density at radius 3 is 1.71 bits per heavy atom. The summed E-state index contributed by atoms with van der Waals surface area (Å²) in [4.78, 5) is 8.99. The van der Waals surface area contributed by atoms with Gasteiger partial charge in [-0.1, -0.05) is 37.6 Å². The Hall–Kier alpha value is -3.52. The number of benzene rings is 2. The monoisotopic (exact) mass is 536 g/mol. The van der Waals surface area contributed by atoms with Gasteiger partial charge < -0.3 is 0 Å². The average Bonchev–Trinajstić information content (AvgIpc) is 2.87. The number of hydrogen-bond acceptors (Lipinski definition) is 4. The van der Waals surface area contributed by atoms with Gasteiger partial charge in [0.2, 0.25) is 0 Å². The first kappa shape index (κ1) is 26.1. The molecule has 4 aromatic rings. The van der Waals surface area contributed by atoms with Gasteiger partial charge in [-0.3, -0.25) is 9.97 Å². The zero-order valence-electron chi connectivity index (χ0n) is 21.7. The third-order valence-electron chi connectivity index (χ3n) is 7.41. The van der Waals surface area contributed by atoms with Crippen molar-refractivity contribution in [2.75, 3.05) is 0 Å². The van der Waals surface area contributed by atoms with E-state index in [4.69, 9.17) is 9.97 Å². The van der Waals surface area contributed by atoms with E-state index in [1.165, 1.54) is 0 Å². The molecule has 8 bridgehead atoms. The first-order valence-corrected chi connectivity index (χ1v) is 13.6. The SMILES string of the molecule is Cc1cc2cc(c1)C(C)(C)c1cc(cc(S(=O)(=O)C(F)(F)F)c1)-c1cccc(n1)C(C)(C)c1cccc-2n1. The van der Waals surface area contributed by atoms with Crippen LogP contribution in [0.4, 0.5) is 13.2 Å². The summed E-state index contributed by atoms with van der Waals surface area (Å²) >= 11 is 0. The van der Waals surface area contributed by atoms with E-state index in [0.717, 1.165) is 40.2 Å². The van der Waals surface area contributed by atoms with E-state index < -0.39 is 31.1 Å². The van der Waals surface area contributed by atoms with Gasteiger partial charge >= 0.3 is 5.51 Å². The molecule has 38 heavy (non-hydrogen) atoms. The Morgan fingerprint density at radius 2 is 1.18 bits per heavy atom. The van der Waals surface area contributed by atoms with Gasteiger partial charge in [-0.05, 0) is 86.5 Å². The Balaban J connectivity index is 1.91. The number of aryl methyl sites for hydroxylation is 1. The van der Waals surface area contributed by atoms with E-state index in [9.17, 15) is 21.6 Å². The van der Waals surface area contributed by atoms with Crippen LogP contribution in [0.3, 0.4) is 0 Å². The molecule has 0 aliphatic carbocycles. The van der Waals surface area contributed by atoms with Crippen molar-refractivity contribution >= 4 is 9.84 Å². The van der Waals surface area contributed by atoms with E-state index >= 15 is 0 Å². The zero-order valence-corrected chi connectivity index (χ0v) is 22.5. The van der Waals surface area contributed by atoms with Crippen molar-refractivity contribution < 1.29 is 21.6 Å². The summed E-state index contributed by atoms with van der Waals surface area (Å²) in [5.41, 5.74) is -0.961. The fourth-order valence-electron chi connectivity index (χ4n) is 4.87. The van der Waals surface area contributed by atoms with E-state index in [1.54, 1.807) is 18.2 Å². The van der Waals surface area contributed by atoms with Crippen molar-refractivity contribution in [2.24, 2.45) is 0 Å². The molecule has 0 unspecified atom stereocenters. The Labute approximate surface area is 220 Å². The summed E-state index contributed by atoms with van der Waals surface area (Å²) in [7, 11) is -5.60. The summed E-state index contributed by atoms with van der Waals surface area (Å²) in [6, 6.07) is 21.0. The van der Waals surface area contributed by atoms with Gasteiger partial charge in [0.25, 0.3) is 9.84 Å². The van der Waals surface area contributed by atoms with Crippen LogP contribution in [0.25, 0.3) is 22.5 Å². The number of nitrogens with zero attached hydrogens (tertiary/aromatic N) is 2. The Kier molecular flexibility index (Phi) is 5.84. The maximum absolute atomic E-state index is 13.7. The molecule has 3 heterocycles. The second kappa shape index (κ2) is 8.50. The van der Waals surface area contributed by atoms with E-state index in [0.29, 0.717) is 22.5 Å². The smallest absolute Gasteiger partial charge is 0.252 e. The predicted octanol–water partition coefficient (Wildman–Crippen LogP) is 7.38. The molecule has 2 aromatic heterocycles.